The Morgan fingerprint density at radius 1 is 1.05 bits per heavy atom. The van der Waals surface area contributed by atoms with Gasteiger partial charge in [0.1, 0.15) is 11.9 Å². The maximum Gasteiger partial charge on any atom is 0.321 e. The quantitative estimate of drug-likeness (QED) is 0.389. The summed E-state index contributed by atoms with van der Waals surface area (Å²) < 4.78 is 17.1. The summed E-state index contributed by atoms with van der Waals surface area (Å²) in [5.74, 6) is 0.929. The van der Waals surface area contributed by atoms with Gasteiger partial charge in [-0.2, -0.15) is 0 Å². The molecular formula is C30H41N5O7. The number of benzene rings is 2. The van der Waals surface area contributed by atoms with Gasteiger partial charge in [-0.05, 0) is 64.3 Å². The van der Waals surface area contributed by atoms with E-state index in [9.17, 15) is 19.5 Å². The molecule has 0 radical (unpaired) electrons. The number of nitrogens with zero attached hydrogens (tertiary/aromatic N) is 3. The first kappa shape index (κ1) is 30.9. The molecule has 12 nitrogen and oxygen atoms in total. The molecule has 2 aliphatic rings. The van der Waals surface area contributed by atoms with Crippen molar-refractivity contribution in [3.05, 3.63) is 42.0 Å². The Morgan fingerprint density at radius 3 is 2.45 bits per heavy atom. The maximum absolute atomic E-state index is 13.7. The van der Waals surface area contributed by atoms with Crippen molar-refractivity contribution in [1.82, 2.24) is 14.7 Å². The molecule has 0 spiro atoms. The van der Waals surface area contributed by atoms with E-state index in [2.05, 4.69) is 10.6 Å². The number of carbonyl (C=O) groups excluding carboxylic acids is 3. The van der Waals surface area contributed by atoms with Crippen LogP contribution >= 0.6 is 0 Å². The fourth-order valence-corrected chi connectivity index (χ4v) is 4.84. The number of nitrogens with one attached hydrogen (secondary N) is 2. The average molecular weight is 584 g/mol. The Bertz CT molecular complexity index is 1290. The number of anilines is 2. The number of ether oxygens (including phenoxy) is 3. The zero-order valence-electron chi connectivity index (χ0n) is 24.9. The molecule has 2 aromatic rings. The van der Waals surface area contributed by atoms with E-state index >= 15 is 0 Å². The fraction of sp³-hybridized carbons (Fsp3) is 0.500. The third-order valence-corrected chi connectivity index (χ3v) is 7.38. The highest BCUT2D eigenvalue weighted by Crippen LogP contribution is 2.34. The molecule has 3 N–H and O–H groups in total. The Hall–Kier alpha value is -4.03. The monoisotopic (exact) mass is 583 g/mol. The van der Waals surface area contributed by atoms with Crippen LogP contribution < -0.4 is 24.8 Å². The maximum atomic E-state index is 13.7. The minimum absolute atomic E-state index is 0.141. The summed E-state index contributed by atoms with van der Waals surface area (Å²) in [6.07, 6.45) is 0.598. The number of rotatable bonds is 10. The minimum Gasteiger partial charge on any atom is -0.487 e. The standard InChI is InChI=1S/C30H41N5O7/c1-19-15-35(20(2)17-36)29(38)23-13-21(31-28(37)7-6-12-33(3)4)8-10-24(23)42-27(19)16-34(5)30(39)32-22-9-11-25-26(14-22)41-18-40-25/h8-11,13-14,19-20,27,36H,6-7,12,15-18H2,1-5H3,(H,31,37)(H,32,39)/t19-,20-,27-/m0/s1. The van der Waals surface area contributed by atoms with Gasteiger partial charge in [-0.15, -0.1) is 0 Å². The molecule has 42 heavy (non-hydrogen) atoms. The third kappa shape index (κ3) is 7.62. The van der Waals surface area contributed by atoms with E-state index in [1.54, 1.807) is 55.3 Å². The van der Waals surface area contributed by atoms with Crippen LogP contribution in [0.2, 0.25) is 0 Å². The summed E-state index contributed by atoms with van der Waals surface area (Å²) in [6, 6.07) is 9.39. The summed E-state index contributed by atoms with van der Waals surface area (Å²) in [6.45, 7) is 5.00. The highest BCUT2D eigenvalue weighted by molar-refractivity contribution is 6.00. The lowest BCUT2D eigenvalue weighted by Gasteiger charge is -2.38. The highest BCUT2D eigenvalue weighted by Gasteiger charge is 2.34. The van der Waals surface area contributed by atoms with Crippen LogP contribution in [-0.2, 0) is 4.79 Å². The number of urea groups is 1. The predicted molar refractivity (Wildman–Crippen MR) is 158 cm³/mol. The molecule has 4 rings (SSSR count). The molecule has 0 unspecified atom stereocenters. The molecule has 0 fully saturated rings. The second kappa shape index (κ2) is 13.8. The van der Waals surface area contributed by atoms with Crippen molar-refractivity contribution >= 4 is 29.2 Å². The van der Waals surface area contributed by atoms with Crippen LogP contribution in [0.3, 0.4) is 0 Å². The van der Waals surface area contributed by atoms with Gasteiger partial charge >= 0.3 is 6.03 Å². The minimum atomic E-state index is -0.468. The van der Waals surface area contributed by atoms with Gasteiger partial charge in [0.2, 0.25) is 12.7 Å². The fourth-order valence-electron chi connectivity index (χ4n) is 4.84. The molecule has 0 saturated carbocycles. The molecule has 0 bridgehead atoms. The molecule has 2 heterocycles. The number of likely N-dealkylation sites (N-methyl/N-ethyl adjacent to an activating group) is 1. The lowest BCUT2D eigenvalue weighted by atomic mass is 9.99. The van der Waals surface area contributed by atoms with E-state index < -0.39 is 12.1 Å². The lowest BCUT2D eigenvalue weighted by Crippen LogP contribution is -2.50. The van der Waals surface area contributed by atoms with Gasteiger partial charge in [-0.25, -0.2) is 4.79 Å². The van der Waals surface area contributed by atoms with Gasteiger partial charge in [0.25, 0.3) is 5.91 Å². The van der Waals surface area contributed by atoms with Gasteiger partial charge in [0, 0.05) is 43.4 Å². The first-order chi connectivity index (χ1) is 20.0. The summed E-state index contributed by atoms with van der Waals surface area (Å²) in [7, 11) is 5.58. The number of amides is 4. The van der Waals surface area contributed by atoms with Crippen molar-refractivity contribution in [2.75, 3.05) is 64.8 Å². The van der Waals surface area contributed by atoms with Crippen molar-refractivity contribution in [1.29, 1.82) is 0 Å². The molecule has 2 aliphatic heterocycles. The molecular weight excluding hydrogens is 542 g/mol. The van der Waals surface area contributed by atoms with Crippen molar-refractivity contribution in [3.8, 4) is 17.2 Å². The second-order valence-electron chi connectivity index (χ2n) is 11.2. The number of fused-ring (bicyclic) bond motifs is 2. The van der Waals surface area contributed by atoms with E-state index in [1.165, 1.54) is 4.90 Å². The van der Waals surface area contributed by atoms with Crippen LogP contribution in [0, 0.1) is 5.92 Å². The van der Waals surface area contributed by atoms with Crippen LogP contribution in [0.25, 0.3) is 0 Å². The third-order valence-electron chi connectivity index (χ3n) is 7.38. The number of aliphatic hydroxyl groups excluding tert-OH is 1. The van der Waals surface area contributed by atoms with Crippen molar-refractivity contribution < 1.29 is 33.7 Å². The molecule has 12 heteroatoms. The predicted octanol–water partition coefficient (Wildman–Crippen LogP) is 3.08. The molecule has 4 amide bonds. The Morgan fingerprint density at radius 2 is 1.74 bits per heavy atom. The summed E-state index contributed by atoms with van der Waals surface area (Å²) in [5.41, 5.74) is 1.34. The molecule has 0 aromatic heterocycles. The van der Waals surface area contributed by atoms with Crippen molar-refractivity contribution in [2.45, 2.75) is 38.8 Å². The first-order valence-electron chi connectivity index (χ1n) is 14.1. The Balaban J connectivity index is 1.50. The van der Waals surface area contributed by atoms with Crippen molar-refractivity contribution in [2.24, 2.45) is 5.92 Å². The van der Waals surface area contributed by atoms with E-state index in [0.717, 1.165) is 6.54 Å². The summed E-state index contributed by atoms with van der Waals surface area (Å²) >= 11 is 0. The van der Waals surface area contributed by atoms with Crippen LogP contribution in [-0.4, -0.2) is 104 Å². The normalized spacial score (nSPS) is 18.5. The van der Waals surface area contributed by atoms with Gasteiger partial charge in [0.15, 0.2) is 11.5 Å². The zero-order valence-corrected chi connectivity index (χ0v) is 24.9. The smallest absolute Gasteiger partial charge is 0.321 e. The Labute approximate surface area is 246 Å². The lowest BCUT2D eigenvalue weighted by molar-refractivity contribution is -0.116. The summed E-state index contributed by atoms with van der Waals surface area (Å²) in [5, 5.41) is 15.7. The number of hydrogen-bond donors (Lipinski definition) is 3. The average Bonchev–Trinajstić information content (AvgIpc) is 3.42. The SMILES string of the molecule is C[C@H]1CN([C@@H](C)CO)C(=O)c2cc(NC(=O)CCCN(C)C)ccc2O[C@H]1CN(C)C(=O)Nc1ccc2c(c1)OCO2. The van der Waals surface area contributed by atoms with Gasteiger partial charge < -0.3 is 44.7 Å². The molecule has 228 valence electrons. The van der Waals surface area contributed by atoms with Crippen LogP contribution in [0.5, 0.6) is 17.2 Å². The molecule has 0 aliphatic carbocycles. The van der Waals surface area contributed by atoms with E-state index in [0.29, 0.717) is 48.0 Å². The molecule has 3 atom stereocenters. The number of aliphatic hydroxyl groups is 1. The largest absolute Gasteiger partial charge is 0.487 e. The summed E-state index contributed by atoms with van der Waals surface area (Å²) in [4.78, 5) is 44.4. The molecule has 0 saturated heterocycles. The first-order valence-corrected chi connectivity index (χ1v) is 14.1. The van der Waals surface area contributed by atoms with Crippen LogP contribution in [0.4, 0.5) is 16.2 Å². The second-order valence-corrected chi connectivity index (χ2v) is 11.2. The van der Waals surface area contributed by atoms with Gasteiger partial charge in [-0.1, -0.05) is 6.92 Å². The Kier molecular flexibility index (Phi) is 10.1. The van der Waals surface area contributed by atoms with Crippen molar-refractivity contribution in [3.63, 3.8) is 0 Å². The van der Waals surface area contributed by atoms with E-state index in [4.69, 9.17) is 14.2 Å². The van der Waals surface area contributed by atoms with Gasteiger partial charge in [0.05, 0.1) is 24.8 Å². The van der Waals surface area contributed by atoms with E-state index in [1.807, 2.05) is 25.9 Å². The van der Waals surface area contributed by atoms with Crippen LogP contribution in [0.1, 0.15) is 37.0 Å². The number of carbonyl (C=O) groups is 3. The topological polar surface area (TPSA) is 133 Å². The molecule has 2 aromatic carbocycles. The van der Waals surface area contributed by atoms with Gasteiger partial charge in [-0.3, -0.25) is 9.59 Å². The number of hydrogen-bond acceptors (Lipinski definition) is 8. The van der Waals surface area contributed by atoms with Crippen LogP contribution in [0.15, 0.2) is 36.4 Å². The van der Waals surface area contributed by atoms with E-state index in [-0.39, 0.29) is 49.3 Å². The zero-order chi connectivity index (χ0) is 30.4. The highest BCUT2D eigenvalue weighted by atomic mass is 16.7.